The predicted octanol–water partition coefficient (Wildman–Crippen LogP) is 3.15. The Morgan fingerprint density at radius 3 is 2.78 bits per heavy atom. The maximum atomic E-state index is 13.5. The van der Waals surface area contributed by atoms with Gasteiger partial charge in [0.2, 0.25) is 5.91 Å². The van der Waals surface area contributed by atoms with Gasteiger partial charge in [-0.1, -0.05) is 23.7 Å². The normalized spacial score (nSPS) is 10.6. The van der Waals surface area contributed by atoms with Gasteiger partial charge in [-0.3, -0.25) is 9.59 Å². The van der Waals surface area contributed by atoms with Crippen molar-refractivity contribution in [2.45, 2.75) is 13.3 Å². The van der Waals surface area contributed by atoms with Crippen LogP contribution in [-0.4, -0.2) is 31.2 Å². The van der Waals surface area contributed by atoms with E-state index in [1.54, 1.807) is 24.3 Å². The van der Waals surface area contributed by atoms with Crippen LogP contribution in [0.2, 0.25) is 5.02 Å². The van der Waals surface area contributed by atoms with Gasteiger partial charge in [-0.05, 0) is 37.3 Å². The van der Waals surface area contributed by atoms with E-state index in [0.717, 1.165) is 0 Å². The van der Waals surface area contributed by atoms with Crippen LogP contribution in [0.1, 0.15) is 29.3 Å². The second-order valence-electron chi connectivity index (χ2n) is 5.39. The number of nitrogens with zero attached hydrogens (tertiary/aromatic N) is 1. The molecule has 0 saturated heterocycles. The number of carbonyl (C=O) groups is 2. The van der Waals surface area contributed by atoms with Gasteiger partial charge in [0.15, 0.2) is 0 Å². The summed E-state index contributed by atoms with van der Waals surface area (Å²) >= 11 is 5.95. The highest BCUT2D eigenvalue weighted by Gasteiger charge is 2.10. The number of amides is 2. The molecular weight excluding hydrogens is 373 g/mol. The van der Waals surface area contributed by atoms with Crippen LogP contribution in [0.4, 0.5) is 4.39 Å². The third-order valence-corrected chi connectivity index (χ3v) is 3.66. The topological polar surface area (TPSA) is 79.8 Å². The Balaban J connectivity index is 1.81. The quantitative estimate of drug-likeness (QED) is 0.536. The van der Waals surface area contributed by atoms with E-state index in [2.05, 4.69) is 15.8 Å². The standard InChI is InChI=1S/C19H19ClFN3O3/c1-2-27-17-8-7-14(20)11-13(17)12-23-24-18(25)9-10-22-19(26)15-5-3-4-6-16(15)21/h3-8,11-12H,2,9-10H2,1H3,(H,22,26)(H,24,25). The monoisotopic (exact) mass is 391 g/mol. The predicted molar refractivity (Wildman–Crippen MR) is 102 cm³/mol. The molecule has 0 aliphatic rings. The smallest absolute Gasteiger partial charge is 0.254 e. The molecule has 2 N–H and O–H groups in total. The van der Waals surface area contributed by atoms with Crippen LogP contribution in [0.25, 0.3) is 0 Å². The average Bonchev–Trinajstić information content (AvgIpc) is 2.64. The van der Waals surface area contributed by atoms with Gasteiger partial charge in [-0.2, -0.15) is 5.10 Å². The Bertz CT molecular complexity index is 843. The van der Waals surface area contributed by atoms with Gasteiger partial charge in [-0.15, -0.1) is 0 Å². The first-order valence-corrected chi connectivity index (χ1v) is 8.66. The molecule has 0 fully saturated rings. The van der Waals surface area contributed by atoms with Crippen LogP contribution < -0.4 is 15.5 Å². The average molecular weight is 392 g/mol. The van der Waals surface area contributed by atoms with E-state index in [-0.39, 0.29) is 18.5 Å². The van der Waals surface area contributed by atoms with E-state index in [1.807, 2.05) is 6.92 Å². The highest BCUT2D eigenvalue weighted by molar-refractivity contribution is 6.30. The molecule has 0 bridgehead atoms. The first kappa shape index (κ1) is 20.4. The summed E-state index contributed by atoms with van der Waals surface area (Å²) in [6, 6.07) is 10.7. The van der Waals surface area contributed by atoms with E-state index in [9.17, 15) is 14.0 Å². The van der Waals surface area contributed by atoms with Crippen molar-refractivity contribution in [2.24, 2.45) is 5.10 Å². The Morgan fingerprint density at radius 1 is 1.26 bits per heavy atom. The zero-order chi connectivity index (χ0) is 19.6. The Labute approximate surface area is 161 Å². The van der Waals surface area contributed by atoms with Gasteiger partial charge < -0.3 is 10.1 Å². The third kappa shape index (κ3) is 6.38. The summed E-state index contributed by atoms with van der Waals surface area (Å²) in [6.45, 7) is 2.39. The van der Waals surface area contributed by atoms with E-state index >= 15 is 0 Å². The van der Waals surface area contributed by atoms with Crippen molar-refractivity contribution in [3.63, 3.8) is 0 Å². The number of ether oxygens (including phenoxy) is 1. The summed E-state index contributed by atoms with van der Waals surface area (Å²) in [5.41, 5.74) is 2.90. The molecule has 0 aliphatic carbocycles. The van der Waals surface area contributed by atoms with Gasteiger partial charge in [0, 0.05) is 23.6 Å². The fourth-order valence-corrected chi connectivity index (χ4v) is 2.35. The number of nitrogens with one attached hydrogen (secondary N) is 2. The third-order valence-electron chi connectivity index (χ3n) is 3.42. The lowest BCUT2D eigenvalue weighted by atomic mass is 10.2. The minimum atomic E-state index is -0.615. The molecule has 0 spiro atoms. The number of halogens is 2. The molecule has 2 aromatic carbocycles. The molecule has 0 aliphatic heterocycles. The van der Waals surface area contributed by atoms with E-state index < -0.39 is 17.6 Å². The molecule has 6 nitrogen and oxygen atoms in total. The molecule has 2 rings (SSSR count). The van der Waals surface area contributed by atoms with Gasteiger partial charge in [0.05, 0.1) is 18.4 Å². The number of hydrogen-bond acceptors (Lipinski definition) is 4. The summed E-state index contributed by atoms with van der Waals surface area (Å²) in [5.74, 6) is -1.00. The van der Waals surface area contributed by atoms with Crippen LogP contribution in [0.15, 0.2) is 47.6 Å². The summed E-state index contributed by atoms with van der Waals surface area (Å²) < 4.78 is 18.9. The van der Waals surface area contributed by atoms with E-state index in [4.69, 9.17) is 16.3 Å². The minimum absolute atomic E-state index is 0.00854. The zero-order valence-corrected chi connectivity index (χ0v) is 15.4. The molecular formula is C19H19ClFN3O3. The molecule has 0 saturated carbocycles. The molecule has 0 aromatic heterocycles. The molecule has 142 valence electrons. The summed E-state index contributed by atoms with van der Waals surface area (Å²) in [6.07, 6.45) is 1.41. The molecule has 0 radical (unpaired) electrons. The highest BCUT2D eigenvalue weighted by atomic mass is 35.5. The van der Waals surface area contributed by atoms with Gasteiger partial charge in [-0.25, -0.2) is 9.82 Å². The van der Waals surface area contributed by atoms with Crippen LogP contribution in [-0.2, 0) is 4.79 Å². The number of rotatable bonds is 8. The molecule has 0 heterocycles. The minimum Gasteiger partial charge on any atom is -0.493 e. The van der Waals surface area contributed by atoms with Gasteiger partial charge >= 0.3 is 0 Å². The van der Waals surface area contributed by atoms with Crippen LogP contribution >= 0.6 is 11.6 Å². The number of benzene rings is 2. The summed E-state index contributed by atoms with van der Waals surface area (Å²) in [4.78, 5) is 23.6. The van der Waals surface area contributed by atoms with Crippen molar-refractivity contribution in [3.8, 4) is 5.75 Å². The van der Waals surface area contributed by atoms with Gasteiger partial charge in [0.1, 0.15) is 11.6 Å². The van der Waals surface area contributed by atoms with E-state index in [0.29, 0.717) is 22.9 Å². The SMILES string of the molecule is CCOc1ccc(Cl)cc1C=NNC(=O)CCNC(=O)c1ccccc1F. The number of hydrazone groups is 1. The fraction of sp³-hybridized carbons (Fsp3) is 0.211. The van der Waals surface area contributed by atoms with Crippen molar-refractivity contribution in [2.75, 3.05) is 13.2 Å². The van der Waals surface area contributed by atoms with Crippen molar-refractivity contribution in [1.82, 2.24) is 10.7 Å². The fourth-order valence-electron chi connectivity index (χ4n) is 2.17. The molecule has 27 heavy (non-hydrogen) atoms. The Kier molecular flexibility index (Phi) is 7.76. The molecule has 0 atom stereocenters. The number of carbonyl (C=O) groups excluding carboxylic acids is 2. The maximum absolute atomic E-state index is 13.5. The first-order valence-electron chi connectivity index (χ1n) is 8.28. The van der Waals surface area contributed by atoms with Crippen LogP contribution in [0, 0.1) is 5.82 Å². The number of hydrogen-bond donors (Lipinski definition) is 2. The second-order valence-corrected chi connectivity index (χ2v) is 5.83. The second kappa shape index (κ2) is 10.3. The Morgan fingerprint density at radius 2 is 2.04 bits per heavy atom. The lowest BCUT2D eigenvalue weighted by molar-refractivity contribution is -0.120. The lowest BCUT2D eigenvalue weighted by Crippen LogP contribution is -2.29. The molecule has 8 heteroatoms. The molecule has 2 amide bonds. The first-order chi connectivity index (χ1) is 13.0. The van der Waals surface area contributed by atoms with Crippen molar-refractivity contribution in [1.29, 1.82) is 0 Å². The van der Waals surface area contributed by atoms with E-state index in [1.165, 1.54) is 24.4 Å². The largest absolute Gasteiger partial charge is 0.493 e. The van der Waals surface area contributed by atoms with Crippen LogP contribution in [0.3, 0.4) is 0 Å². The lowest BCUT2D eigenvalue weighted by Gasteiger charge is -2.07. The van der Waals surface area contributed by atoms with Crippen LogP contribution in [0.5, 0.6) is 5.75 Å². The summed E-state index contributed by atoms with van der Waals surface area (Å²) in [5, 5.41) is 6.86. The molecule has 0 unspecified atom stereocenters. The Hall–Kier alpha value is -2.93. The summed E-state index contributed by atoms with van der Waals surface area (Å²) in [7, 11) is 0. The van der Waals surface area contributed by atoms with Crippen molar-refractivity contribution < 1.29 is 18.7 Å². The van der Waals surface area contributed by atoms with Gasteiger partial charge in [0.25, 0.3) is 5.91 Å². The highest BCUT2D eigenvalue weighted by Crippen LogP contribution is 2.21. The zero-order valence-electron chi connectivity index (χ0n) is 14.7. The molecule has 2 aromatic rings. The maximum Gasteiger partial charge on any atom is 0.254 e. The van der Waals surface area contributed by atoms with Crippen molar-refractivity contribution in [3.05, 3.63) is 64.4 Å². The van der Waals surface area contributed by atoms with Crippen molar-refractivity contribution >= 4 is 29.6 Å².